The molecule has 0 aliphatic carbocycles. The van der Waals surface area contributed by atoms with E-state index in [2.05, 4.69) is 5.10 Å². The molecule has 0 fully saturated rings. The van der Waals surface area contributed by atoms with Gasteiger partial charge in [0.05, 0.1) is 0 Å². The fraction of sp³-hybridized carbons (Fsp3) is 0. The zero-order valence-corrected chi connectivity index (χ0v) is 5.27. The van der Waals surface area contributed by atoms with E-state index in [4.69, 9.17) is 0 Å². The van der Waals surface area contributed by atoms with E-state index in [1.165, 1.54) is 12.3 Å². The Kier molecular flexibility index (Phi) is 1.81. The third-order valence-corrected chi connectivity index (χ3v) is 0.938. The number of nitrogens with zero attached hydrogens (tertiary/aromatic N) is 2. The predicted molar refractivity (Wildman–Crippen MR) is 35.5 cm³/mol. The van der Waals surface area contributed by atoms with E-state index in [1.54, 1.807) is 5.43 Å². The number of hydrogen-bond donors (Lipinski definition) is 2. The summed E-state index contributed by atoms with van der Waals surface area (Å²) >= 11 is 0. The SMILES string of the molecule is O=c1[nH]nccc1N[N+](=O)[O-]. The Morgan fingerprint density at radius 3 is 3.00 bits per heavy atom. The van der Waals surface area contributed by atoms with Crippen LogP contribution in [0.3, 0.4) is 0 Å². The number of hydrogen-bond acceptors (Lipinski definition) is 4. The Hall–Kier alpha value is -1.92. The number of anilines is 1. The molecule has 0 aliphatic rings. The fourth-order valence-corrected chi connectivity index (χ4v) is 0.530. The third kappa shape index (κ3) is 1.75. The highest BCUT2D eigenvalue weighted by molar-refractivity contribution is 5.35. The lowest BCUT2D eigenvalue weighted by Crippen LogP contribution is -2.18. The van der Waals surface area contributed by atoms with Gasteiger partial charge in [-0.3, -0.25) is 4.79 Å². The van der Waals surface area contributed by atoms with Crippen LogP contribution < -0.4 is 11.0 Å². The minimum absolute atomic E-state index is 0.134. The smallest absolute Gasteiger partial charge is 0.265 e. The minimum atomic E-state index is -0.815. The van der Waals surface area contributed by atoms with Crippen molar-refractivity contribution in [2.24, 2.45) is 0 Å². The summed E-state index contributed by atoms with van der Waals surface area (Å²) in [6.45, 7) is 0. The lowest BCUT2D eigenvalue weighted by atomic mass is 10.5. The summed E-state index contributed by atoms with van der Waals surface area (Å²) in [6.07, 6.45) is 1.24. The second-order valence-corrected chi connectivity index (χ2v) is 1.67. The number of aromatic amines is 1. The van der Waals surface area contributed by atoms with Gasteiger partial charge in [0.15, 0.2) is 10.7 Å². The molecule has 7 heteroatoms. The summed E-state index contributed by atoms with van der Waals surface area (Å²) < 4.78 is 0. The number of nitrogens with one attached hydrogen (secondary N) is 2. The third-order valence-electron chi connectivity index (χ3n) is 0.938. The molecule has 0 saturated carbocycles. The van der Waals surface area contributed by atoms with Gasteiger partial charge in [-0.15, -0.1) is 5.43 Å². The number of rotatable bonds is 2. The molecule has 11 heavy (non-hydrogen) atoms. The Balaban J connectivity index is 2.95. The van der Waals surface area contributed by atoms with Crippen molar-refractivity contribution in [2.75, 3.05) is 5.43 Å². The molecule has 0 saturated heterocycles. The van der Waals surface area contributed by atoms with Gasteiger partial charge < -0.3 is 0 Å². The maximum Gasteiger partial charge on any atom is 0.293 e. The maximum absolute atomic E-state index is 10.7. The molecule has 1 rings (SSSR count). The molecule has 0 atom stereocenters. The first kappa shape index (κ1) is 7.19. The molecule has 1 heterocycles. The molecule has 0 spiro atoms. The number of aromatic nitrogens is 2. The van der Waals surface area contributed by atoms with Gasteiger partial charge in [0, 0.05) is 6.20 Å². The molecule has 58 valence electrons. The monoisotopic (exact) mass is 156 g/mol. The standard InChI is InChI=1S/C4H4N4O3/c9-4-3(7-8(10)11)1-2-5-6-4/h1-2H,(H,5,7)(H,6,9). The molecular weight excluding hydrogens is 152 g/mol. The van der Waals surface area contributed by atoms with Gasteiger partial charge in [0.25, 0.3) is 5.56 Å². The summed E-state index contributed by atoms with van der Waals surface area (Å²) in [7, 11) is 0. The largest absolute Gasteiger partial charge is 0.293 e. The van der Waals surface area contributed by atoms with Crippen LogP contribution >= 0.6 is 0 Å². The Labute approximate surface area is 60.2 Å². The maximum atomic E-state index is 10.7. The van der Waals surface area contributed by atoms with Crippen LogP contribution in [0, 0.1) is 10.1 Å². The van der Waals surface area contributed by atoms with Crippen molar-refractivity contribution >= 4 is 5.69 Å². The normalized spacial score (nSPS) is 9.09. The van der Waals surface area contributed by atoms with Crippen LogP contribution in [0.15, 0.2) is 17.1 Å². The van der Waals surface area contributed by atoms with Crippen molar-refractivity contribution in [3.8, 4) is 0 Å². The van der Waals surface area contributed by atoms with Crippen molar-refractivity contribution in [1.82, 2.24) is 10.2 Å². The van der Waals surface area contributed by atoms with Crippen molar-refractivity contribution in [3.05, 3.63) is 32.7 Å². The van der Waals surface area contributed by atoms with E-state index in [0.29, 0.717) is 0 Å². The van der Waals surface area contributed by atoms with Gasteiger partial charge >= 0.3 is 0 Å². The van der Waals surface area contributed by atoms with Crippen LogP contribution in [0.4, 0.5) is 5.69 Å². The summed E-state index contributed by atoms with van der Waals surface area (Å²) in [4.78, 5) is 20.5. The van der Waals surface area contributed by atoms with Crippen LogP contribution in [0.25, 0.3) is 0 Å². The van der Waals surface area contributed by atoms with Gasteiger partial charge in [0.2, 0.25) is 0 Å². The number of hydrazine groups is 1. The van der Waals surface area contributed by atoms with Crippen molar-refractivity contribution in [1.29, 1.82) is 0 Å². The van der Waals surface area contributed by atoms with Gasteiger partial charge in [-0.05, 0) is 6.07 Å². The van der Waals surface area contributed by atoms with E-state index in [1.807, 2.05) is 5.10 Å². The highest BCUT2D eigenvalue weighted by atomic mass is 16.7. The summed E-state index contributed by atoms with van der Waals surface area (Å²) in [5, 5.41) is 14.4. The van der Waals surface area contributed by atoms with E-state index in [0.717, 1.165) is 0 Å². The van der Waals surface area contributed by atoms with Crippen LogP contribution in [-0.4, -0.2) is 15.2 Å². The van der Waals surface area contributed by atoms with Crippen LogP contribution in [0.2, 0.25) is 0 Å². The zero-order valence-electron chi connectivity index (χ0n) is 5.27. The molecule has 1 aromatic rings. The summed E-state index contributed by atoms with van der Waals surface area (Å²) in [6, 6.07) is 1.21. The van der Waals surface area contributed by atoms with Gasteiger partial charge in [-0.1, -0.05) is 0 Å². The summed E-state index contributed by atoms with van der Waals surface area (Å²) in [5.41, 5.74) is 0.956. The molecule has 0 aliphatic heterocycles. The van der Waals surface area contributed by atoms with Gasteiger partial charge in [-0.2, -0.15) is 5.10 Å². The van der Waals surface area contributed by atoms with Crippen molar-refractivity contribution < 1.29 is 5.03 Å². The van der Waals surface area contributed by atoms with E-state index < -0.39 is 10.6 Å². The topological polar surface area (TPSA) is 101 Å². The van der Waals surface area contributed by atoms with E-state index >= 15 is 0 Å². The zero-order chi connectivity index (χ0) is 8.27. The van der Waals surface area contributed by atoms with E-state index in [-0.39, 0.29) is 5.69 Å². The highest BCUT2D eigenvalue weighted by Crippen LogP contribution is 1.92. The molecule has 0 bridgehead atoms. The first-order valence-corrected chi connectivity index (χ1v) is 2.65. The fourth-order valence-electron chi connectivity index (χ4n) is 0.530. The first-order chi connectivity index (χ1) is 5.20. The second kappa shape index (κ2) is 2.78. The molecular formula is C4H4N4O3. The predicted octanol–water partition coefficient (Wildman–Crippen LogP) is -0.627. The number of H-pyrrole nitrogens is 1. The van der Waals surface area contributed by atoms with Gasteiger partial charge in [0.1, 0.15) is 0 Å². The van der Waals surface area contributed by atoms with E-state index in [9.17, 15) is 14.9 Å². The lowest BCUT2D eigenvalue weighted by molar-refractivity contribution is -0.445. The molecule has 0 aromatic carbocycles. The number of nitro groups is 1. The average molecular weight is 156 g/mol. The first-order valence-electron chi connectivity index (χ1n) is 2.65. The summed E-state index contributed by atoms with van der Waals surface area (Å²) in [5.74, 6) is 0. The Bertz CT molecular complexity index is 319. The molecule has 7 nitrogen and oxygen atoms in total. The Morgan fingerprint density at radius 1 is 1.73 bits per heavy atom. The van der Waals surface area contributed by atoms with Crippen LogP contribution in [-0.2, 0) is 0 Å². The molecule has 0 radical (unpaired) electrons. The Morgan fingerprint density at radius 2 is 2.45 bits per heavy atom. The lowest BCUT2D eigenvalue weighted by Gasteiger charge is -1.91. The molecule has 0 amide bonds. The van der Waals surface area contributed by atoms with Crippen molar-refractivity contribution in [3.63, 3.8) is 0 Å². The van der Waals surface area contributed by atoms with Crippen LogP contribution in [0.1, 0.15) is 0 Å². The molecule has 1 aromatic heterocycles. The minimum Gasteiger partial charge on any atom is -0.265 e. The molecule has 2 N–H and O–H groups in total. The average Bonchev–Trinajstić information content (AvgIpc) is 1.93. The second-order valence-electron chi connectivity index (χ2n) is 1.67. The van der Waals surface area contributed by atoms with Crippen LogP contribution in [0.5, 0.6) is 0 Å². The van der Waals surface area contributed by atoms with Gasteiger partial charge in [-0.25, -0.2) is 15.2 Å². The quantitative estimate of drug-likeness (QED) is 0.438. The highest BCUT2D eigenvalue weighted by Gasteiger charge is 2.02. The molecule has 0 unspecified atom stereocenters. The van der Waals surface area contributed by atoms with Crippen molar-refractivity contribution in [2.45, 2.75) is 0 Å².